The Morgan fingerprint density at radius 2 is 2.12 bits per heavy atom. The Bertz CT molecular complexity index is 925. The predicted octanol–water partition coefficient (Wildman–Crippen LogP) is 3.23. The first-order chi connectivity index (χ1) is 11.5. The van der Waals surface area contributed by atoms with Crippen molar-refractivity contribution in [1.82, 2.24) is 19.7 Å². The third kappa shape index (κ3) is 3.11. The van der Waals surface area contributed by atoms with Crippen LogP contribution in [0.4, 0.5) is 10.1 Å². The van der Waals surface area contributed by atoms with Crippen molar-refractivity contribution in [2.24, 2.45) is 7.05 Å². The van der Waals surface area contributed by atoms with Gasteiger partial charge in [-0.3, -0.25) is 19.4 Å². The van der Waals surface area contributed by atoms with Crippen LogP contribution in [0.15, 0.2) is 36.8 Å². The van der Waals surface area contributed by atoms with E-state index in [9.17, 15) is 9.18 Å². The summed E-state index contributed by atoms with van der Waals surface area (Å²) in [5, 5.41) is 7.14. The van der Waals surface area contributed by atoms with Crippen molar-refractivity contribution in [3.8, 4) is 11.3 Å². The first-order valence-electron chi connectivity index (χ1n) is 7.03. The minimum Gasteiger partial charge on any atom is -0.318 e. The van der Waals surface area contributed by atoms with Gasteiger partial charge in [-0.1, -0.05) is 11.6 Å². The highest BCUT2D eigenvalue weighted by Gasteiger charge is 2.17. The van der Waals surface area contributed by atoms with Gasteiger partial charge < -0.3 is 5.32 Å². The van der Waals surface area contributed by atoms with E-state index in [1.165, 1.54) is 12.3 Å². The molecule has 6 nitrogen and oxygen atoms in total. The van der Waals surface area contributed by atoms with Gasteiger partial charge in [-0.25, -0.2) is 4.39 Å². The quantitative estimate of drug-likeness (QED) is 0.791. The van der Waals surface area contributed by atoms with E-state index < -0.39 is 11.7 Å². The summed E-state index contributed by atoms with van der Waals surface area (Å²) in [4.78, 5) is 20.1. The van der Waals surface area contributed by atoms with E-state index in [-0.39, 0.29) is 11.4 Å². The van der Waals surface area contributed by atoms with Gasteiger partial charge in [0.2, 0.25) is 0 Å². The zero-order valence-electron chi connectivity index (χ0n) is 12.9. The molecule has 3 heterocycles. The van der Waals surface area contributed by atoms with Crippen LogP contribution in [0.5, 0.6) is 0 Å². The molecule has 0 spiro atoms. The number of anilines is 1. The van der Waals surface area contributed by atoms with Gasteiger partial charge in [-0.15, -0.1) is 0 Å². The summed E-state index contributed by atoms with van der Waals surface area (Å²) in [6.07, 6.45) is 3.97. The number of hydrogen-bond donors (Lipinski definition) is 1. The molecule has 0 radical (unpaired) electrons. The Hall–Kier alpha value is -2.80. The number of carbonyl (C=O) groups excluding carboxylic acids is 1. The molecule has 0 aromatic carbocycles. The molecule has 3 aromatic rings. The third-order valence-electron chi connectivity index (χ3n) is 3.46. The first-order valence-corrected chi connectivity index (χ1v) is 7.41. The average molecular weight is 346 g/mol. The van der Waals surface area contributed by atoms with Crippen LogP contribution < -0.4 is 5.32 Å². The van der Waals surface area contributed by atoms with Gasteiger partial charge in [0.05, 0.1) is 22.6 Å². The van der Waals surface area contributed by atoms with Crippen molar-refractivity contribution in [2.45, 2.75) is 6.92 Å². The van der Waals surface area contributed by atoms with Crippen LogP contribution in [0.3, 0.4) is 0 Å². The molecule has 0 saturated carbocycles. The number of nitrogens with one attached hydrogen (secondary N) is 1. The Morgan fingerprint density at radius 1 is 1.33 bits per heavy atom. The third-order valence-corrected chi connectivity index (χ3v) is 3.67. The molecule has 1 N–H and O–H groups in total. The maximum absolute atomic E-state index is 13.6. The van der Waals surface area contributed by atoms with E-state index in [1.54, 1.807) is 30.1 Å². The fourth-order valence-corrected chi connectivity index (χ4v) is 2.42. The first kappa shape index (κ1) is 16.1. The van der Waals surface area contributed by atoms with Gasteiger partial charge in [0.1, 0.15) is 0 Å². The lowest BCUT2D eigenvalue weighted by molar-refractivity contribution is 0.102. The predicted molar refractivity (Wildman–Crippen MR) is 88.3 cm³/mol. The Labute approximate surface area is 142 Å². The van der Waals surface area contributed by atoms with E-state index >= 15 is 0 Å². The zero-order valence-corrected chi connectivity index (χ0v) is 13.7. The lowest BCUT2D eigenvalue weighted by Crippen LogP contribution is -2.14. The van der Waals surface area contributed by atoms with E-state index in [2.05, 4.69) is 20.4 Å². The number of hydrogen-bond acceptors (Lipinski definition) is 4. The van der Waals surface area contributed by atoms with Gasteiger partial charge >= 0.3 is 0 Å². The van der Waals surface area contributed by atoms with Gasteiger partial charge in [0, 0.05) is 30.7 Å². The van der Waals surface area contributed by atoms with Crippen molar-refractivity contribution in [3.63, 3.8) is 0 Å². The highest BCUT2D eigenvalue weighted by Crippen LogP contribution is 2.25. The Morgan fingerprint density at radius 3 is 2.88 bits per heavy atom. The van der Waals surface area contributed by atoms with Crippen LogP contribution >= 0.6 is 11.6 Å². The van der Waals surface area contributed by atoms with Crippen LogP contribution in [0.2, 0.25) is 5.02 Å². The summed E-state index contributed by atoms with van der Waals surface area (Å²) in [7, 11) is 1.71. The van der Waals surface area contributed by atoms with Crippen molar-refractivity contribution in [1.29, 1.82) is 0 Å². The smallest absolute Gasteiger partial charge is 0.276 e. The van der Waals surface area contributed by atoms with Crippen LogP contribution in [0.25, 0.3) is 11.3 Å². The maximum Gasteiger partial charge on any atom is 0.276 e. The summed E-state index contributed by atoms with van der Waals surface area (Å²) in [5.74, 6) is -1.13. The largest absolute Gasteiger partial charge is 0.318 e. The summed E-state index contributed by atoms with van der Waals surface area (Å²) in [6.45, 7) is 1.84. The average Bonchev–Trinajstić information content (AvgIpc) is 2.94. The summed E-state index contributed by atoms with van der Waals surface area (Å²) in [5.41, 5.74) is 2.41. The number of amides is 1. The normalized spacial score (nSPS) is 10.7. The summed E-state index contributed by atoms with van der Waals surface area (Å²) < 4.78 is 15.1. The van der Waals surface area contributed by atoms with Gasteiger partial charge in [-0.05, 0) is 25.1 Å². The Balaban J connectivity index is 1.93. The standard InChI is InChI=1S/C16H13ClFN5O/c1-9-11(5-10(17)7-20-9)15-6-14(22-23(15)2)16(24)21-13-3-4-19-8-12(13)18/h3-8H,1-2H3,(H,19,21,24). The number of rotatable bonds is 3. The minimum atomic E-state index is -0.614. The fraction of sp³-hybridized carbons (Fsp3) is 0.125. The Kier molecular flexibility index (Phi) is 4.26. The molecular weight excluding hydrogens is 333 g/mol. The van der Waals surface area contributed by atoms with Crippen LogP contribution in [0.1, 0.15) is 16.2 Å². The molecule has 0 fully saturated rings. The number of aromatic nitrogens is 4. The molecular formula is C16H13ClFN5O. The molecule has 8 heteroatoms. The van der Waals surface area contributed by atoms with Crippen molar-refractivity contribution in [3.05, 3.63) is 59.0 Å². The van der Waals surface area contributed by atoms with E-state index in [0.29, 0.717) is 10.7 Å². The molecule has 0 saturated heterocycles. The van der Waals surface area contributed by atoms with Crippen LogP contribution in [-0.4, -0.2) is 25.7 Å². The number of halogens is 2. The van der Waals surface area contributed by atoms with Crippen molar-refractivity contribution >= 4 is 23.2 Å². The van der Waals surface area contributed by atoms with E-state index in [4.69, 9.17) is 11.6 Å². The number of nitrogens with zero attached hydrogens (tertiary/aromatic N) is 4. The zero-order chi connectivity index (χ0) is 17.3. The number of carbonyl (C=O) groups is 1. The molecule has 24 heavy (non-hydrogen) atoms. The number of aryl methyl sites for hydroxylation is 2. The summed E-state index contributed by atoms with van der Waals surface area (Å²) in [6, 6.07) is 4.74. The molecule has 0 aliphatic carbocycles. The van der Waals surface area contributed by atoms with Gasteiger partial charge in [-0.2, -0.15) is 5.10 Å². The van der Waals surface area contributed by atoms with Crippen molar-refractivity contribution < 1.29 is 9.18 Å². The molecule has 122 valence electrons. The van der Waals surface area contributed by atoms with Gasteiger partial charge in [0.25, 0.3) is 5.91 Å². The minimum absolute atomic E-state index is 0.0443. The highest BCUT2D eigenvalue weighted by atomic mass is 35.5. The second kappa shape index (κ2) is 6.37. The van der Waals surface area contributed by atoms with Crippen LogP contribution in [0, 0.1) is 12.7 Å². The molecule has 3 rings (SSSR count). The van der Waals surface area contributed by atoms with Crippen molar-refractivity contribution in [2.75, 3.05) is 5.32 Å². The molecule has 3 aromatic heterocycles. The maximum atomic E-state index is 13.6. The monoisotopic (exact) mass is 345 g/mol. The fourth-order valence-electron chi connectivity index (χ4n) is 2.26. The van der Waals surface area contributed by atoms with Crippen LogP contribution in [-0.2, 0) is 7.05 Å². The topological polar surface area (TPSA) is 72.7 Å². The highest BCUT2D eigenvalue weighted by molar-refractivity contribution is 6.30. The lowest BCUT2D eigenvalue weighted by Gasteiger charge is -2.05. The second-order valence-electron chi connectivity index (χ2n) is 5.13. The number of pyridine rings is 2. The molecule has 0 unspecified atom stereocenters. The van der Waals surface area contributed by atoms with E-state index in [1.807, 2.05) is 6.92 Å². The summed E-state index contributed by atoms with van der Waals surface area (Å²) >= 11 is 5.99. The molecule has 0 atom stereocenters. The molecule has 0 bridgehead atoms. The SMILES string of the molecule is Cc1ncc(Cl)cc1-c1cc(C(=O)Nc2ccncc2F)nn1C. The lowest BCUT2D eigenvalue weighted by atomic mass is 10.1. The molecule has 0 aliphatic heterocycles. The molecule has 0 aliphatic rings. The van der Waals surface area contributed by atoms with E-state index in [0.717, 1.165) is 17.5 Å². The van der Waals surface area contributed by atoms with Gasteiger partial charge in [0.15, 0.2) is 11.5 Å². The molecule has 1 amide bonds. The second-order valence-corrected chi connectivity index (χ2v) is 5.57.